The summed E-state index contributed by atoms with van der Waals surface area (Å²) in [5.41, 5.74) is 0. The Bertz CT molecular complexity index is 171. The summed E-state index contributed by atoms with van der Waals surface area (Å²) in [6, 6.07) is 2.08. The van der Waals surface area contributed by atoms with Gasteiger partial charge in [-0.05, 0) is 0 Å². The Hall–Kier alpha value is -0.177. The Balaban J connectivity index is 2.90. The van der Waals surface area contributed by atoms with Gasteiger partial charge in [-0.2, -0.15) is 0 Å². The Labute approximate surface area is 58.4 Å². The predicted molar refractivity (Wildman–Crippen MR) is 41.7 cm³/mol. The van der Waals surface area contributed by atoms with Gasteiger partial charge in [0.15, 0.2) is 0 Å². The van der Waals surface area contributed by atoms with Crippen molar-refractivity contribution in [2.45, 2.75) is 17.3 Å². The van der Waals surface area contributed by atoms with Crippen LogP contribution in [-0.2, 0) is 0 Å². The number of furan rings is 1. The molecule has 0 aliphatic carbocycles. The molecule has 1 heterocycles. The van der Waals surface area contributed by atoms with Gasteiger partial charge in [-0.15, -0.1) is 0 Å². The van der Waals surface area contributed by atoms with E-state index in [-0.39, 0.29) is 0 Å². The van der Waals surface area contributed by atoms with Gasteiger partial charge in [0.05, 0.1) is 0 Å². The van der Waals surface area contributed by atoms with Gasteiger partial charge in [0.2, 0.25) is 0 Å². The van der Waals surface area contributed by atoms with Crippen LogP contribution >= 0.6 is 0 Å². The molecule has 9 heavy (non-hydrogen) atoms. The Morgan fingerprint density at radius 2 is 2.00 bits per heavy atom. The molecule has 1 aromatic heterocycles. The monoisotopic (exact) mass is 186 g/mol. The molecule has 0 unspecified atom stereocenters. The van der Waals surface area contributed by atoms with Crippen molar-refractivity contribution in [2.24, 2.45) is 0 Å². The van der Waals surface area contributed by atoms with Crippen molar-refractivity contribution >= 4 is 17.7 Å². The van der Waals surface area contributed by atoms with E-state index >= 15 is 0 Å². The van der Waals surface area contributed by atoms with Crippen molar-refractivity contribution < 1.29 is 4.42 Å². The number of hydrogen-bond acceptors (Lipinski definition) is 1. The summed E-state index contributed by atoms with van der Waals surface area (Å²) in [7, 11) is 0. The molecule has 0 N–H and O–H groups in total. The second kappa shape index (κ2) is 2.21. The molecule has 0 radical (unpaired) electrons. The van der Waals surface area contributed by atoms with Crippen LogP contribution in [0.25, 0.3) is 0 Å². The summed E-state index contributed by atoms with van der Waals surface area (Å²) >= 11 is -1.53. The second-order valence-electron chi connectivity index (χ2n) is 3.26. The quantitative estimate of drug-likeness (QED) is 0.608. The maximum atomic E-state index is 4.99. The molecule has 1 aromatic rings. The minimum absolute atomic E-state index is 1.44. The van der Waals surface area contributed by atoms with Crippen LogP contribution in [0.5, 0.6) is 0 Å². The number of hydrogen-bond donors (Lipinski definition) is 0. The zero-order valence-corrected chi connectivity index (χ0v) is 8.24. The molecule has 0 saturated heterocycles. The third-order valence-electron chi connectivity index (χ3n) is 1.39. The van der Waals surface area contributed by atoms with Gasteiger partial charge in [0, 0.05) is 0 Å². The molecule has 2 heteroatoms. The summed E-state index contributed by atoms with van der Waals surface area (Å²) in [6.45, 7) is 0. The van der Waals surface area contributed by atoms with Crippen LogP contribution < -0.4 is 4.40 Å². The van der Waals surface area contributed by atoms with Crippen LogP contribution in [0.4, 0.5) is 0 Å². The van der Waals surface area contributed by atoms with Crippen LogP contribution in [-0.4, -0.2) is 13.3 Å². The second-order valence-corrected chi connectivity index (χ2v) is 13.9. The maximum absolute atomic E-state index is 4.99. The van der Waals surface area contributed by atoms with Crippen LogP contribution in [0.1, 0.15) is 0 Å². The molecule has 0 aliphatic heterocycles. The molecular formula is C7H12GeO. The topological polar surface area (TPSA) is 13.1 Å². The van der Waals surface area contributed by atoms with Crippen LogP contribution in [0.3, 0.4) is 0 Å². The first-order valence-corrected chi connectivity index (χ1v) is 10.5. The predicted octanol–water partition coefficient (Wildman–Crippen LogP) is 1.82. The fourth-order valence-electron chi connectivity index (χ4n) is 0.691. The Morgan fingerprint density at radius 3 is 2.22 bits per heavy atom. The molecule has 1 nitrogen and oxygen atoms in total. The van der Waals surface area contributed by atoms with E-state index in [1.54, 1.807) is 6.26 Å². The van der Waals surface area contributed by atoms with E-state index in [2.05, 4.69) is 23.3 Å². The third-order valence-corrected chi connectivity index (χ3v) is 5.62. The third kappa shape index (κ3) is 1.61. The fourth-order valence-corrected chi connectivity index (χ4v) is 2.77. The van der Waals surface area contributed by atoms with Gasteiger partial charge in [0.25, 0.3) is 0 Å². The van der Waals surface area contributed by atoms with Gasteiger partial charge < -0.3 is 0 Å². The molecule has 0 amide bonds. The summed E-state index contributed by atoms with van der Waals surface area (Å²) in [6.07, 6.45) is 3.63. The van der Waals surface area contributed by atoms with E-state index in [1.165, 1.54) is 4.40 Å². The minimum atomic E-state index is -1.53. The molecule has 0 aromatic carbocycles. The van der Waals surface area contributed by atoms with Gasteiger partial charge in [-0.25, -0.2) is 0 Å². The SMILES string of the molecule is [CH3][Ge]([CH3])([CH3])[c]1ccoc1. The van der Waals surface area contributed by atoms with E-state index in [9.17, 15) is 0 Å². The molecule has 0 fully saturated rings. The zero-order chi connectivity index (χ0) is 6.91. The van der Waals surface area contributed by atoms with E-state index in [0.717, 1.165) is 0 Å². The Morgan fingerprint density at radius 1 is 1.33 bits per heavy atom. The van der Waals surface area contributed by atoms with Crippen molar-refractivity contribution in [3.8, 4) is 0 Å². The van der Waals surface area contributed by atoms with E-state index in [1.807, 2.05) is 6.26 Å². The average Bonchev–Trinajstić information content (AvgIpc) is 2.08. The molecule has 0 saturated carbocycles. The fraction of sp³-hybridized carbons (Fsp3) is 0.429. The molecular weight excluding hydrogens is 173 g/mol. The van der Waals surface area contributed by atoms with Crippen LogP contribution in [0.15, 0.2) is 23.0 Å². The van der Waals surface area contributed by atoms with Crippen molar-refractivity contribution in [2.75, 3.05) is 0 Å². The summed E-state index contributed by atoms with van der Waals surface area (Å²) < 4.78 is 6.43. The van der Waals surface area contributed by atoms with Crippen molar-refractivity contribution in [3.05, 3.63) is 18.6 Å². The summed E-state index contributed by atoms with van der Waals surface area (Å²) in [4.78, 5) is 0. The molecule has 0 bridgehead atoms. The first-order chi connectivity index (χ1) is 4.11. The average molecular weight is 185 g/mol. The van der Waals surface area contributed by atoms with Gasteiger partial charge >= 0.3 is 57.9 Å². The van der Waals surface area contributed by atoms with E-state index < -0.39 is 13.3 Å². The van der Waals surface area contributed by atoms with Crippen molar-refractivity contribution in [1.82, 2.24) is 0 Å². The molecule has 0 atom stereocenters. The van der Waals surface area contributed by atoms with Gasteiger partial charge in [-0.1, -0.05) is 0 Å². The molecule has 0 spiro atoms. The summed E-state index contributed by atoms with van der Waals surface area (Å²) in [5.74, 6) is 7.06. The molecule has 1 rings (SSSR count). The van der Waals surface area contributed by atoms with Crippen LogP contribution in [0.2, 0.25) is 17.3 Å². The normalized spacial score (nSPS) is 11.9. The number of rotatable bonds is 1. The van der Waals surface area contributed by atoms with Gasteiger partial charge in [-0.3, -0.25) is 0 Å². The first-order valence-electron chi connectivity index (χ1n) is 3.13. The molecule has 50 valence electrons. The zero-order valence-electron chi connectivity index (χ0n) is 6.14. The van der Waals surface area contributed by atoms with Crippen LogP contribution in [0, 0.1) is 0 Å². The van der Waals surface area contributed by atoms with E-state index in [0.29, 0.717) is 0 Å². The first kappa shape index (κ1) is 6.94. The van der Waals surface area contributed by atoms with Crippen molar-refractivity contribution in [1.29, 1.82) is 0 Å². The van der Waals surface area contributed by atoms with E-state index in [4.69, 9.17) is 4.42 Å². The standard InChI is InChI=1S/C7H12GeO/c1-8(2,3)7-4-5-9-6-7/h4-6H,1-3H3. The Kier molecular flexibility index (Phi) is 1.71. The summed E-state index contributed by atoms with van der Waals surface area (Å²) in [5, 5.41) is 0. The molecule has 0 aliphatic rings. The van der Waals surface area contributed by atoms with Gasteiger partial charge in [0.1, 0.15) is 0 Å². The van der Waals surface area contributed by atoms with Crippen molar-refractivity contribution in [3.63, 3.8) is 0 Å².